The van der Waals surface area contributed by atoms with E-state index in [1.54, 1.807) is 0 Å². The average molecular weight is 222 g/mol. The summed E-state index contributed by atoms with van der Waals surface area (Å²) in [6.45, 7) is 0. The summed E-state index contributed by atoms with van der Waals surface area (Å²) in [5.74, 6) is 0.280. The van der Waals surface area contributed by atoms with Gasteiger partial charge in [0.25, 0.3) is 0 Å². The fourth-order valence-electron chi connectivity index (χ4n) is 1.19. The van der Waals surface area contributed by atoms with E-state index in [0.717, 1.165) is 0 Å². The Hall–Kier alpha value is -0.690. The number of nitrogens with one attached hydrogen (secondary N) is 2. The average Bonchev–Trinajstić information content (AvgIpc) is 2.30. The van der Waals surface area contributed by atoms with E-state index in [1.807, 2.05) is 0 Å². The topological polar surface area (TPSA) is 75.3 Å². The van der Waals surface area contributed by atoms with Crippen LogP contribution in [-0.2, 0) is 14.6 Å². The molecule has 1 aliphatic rings. The molecule has 74 valence electrons. The number of hydrogen-bond acceptors (Lipinski definition) is 4. The molecule has 1 aliphatic heterocycles. The third-order valence-corrected chi connectivity index (χ3v) is 3.76. The highest BCUT2D eigenvalue weighted by atomic mass is 32.2. The first-order valence-corrected chi connectivity index (χ1v) is 5.97. The van der Waals surface area contributed by atoms with Gasteiger partial charge in [0.2, 0.25) is 6.41 Å². The Morgan fingerprint density at radius 2 is 2.23 bits per heavy atom. The Morgan fingerprint density at radius 1 is 1.54 bits per heavy atom. The zero-order chi connectivity index (χ0) is 9.90. The Kier molecular flexibility index (Phi) is 3.21. The van der Waals surface area contributed by atoms with Gasteiger partial charge < -0.3 is 10.6 Å². The fraction of sp³-hybridized carbons (Fsp3) is 0.667. The van der Waals surface area contributed by atoms with Crippen molar-refractivity contribution in [2.24, 2.45) is 0 Å². The molecule has 0 saturated carbocycles. The normalized spacial score (nSPS) is 25.1. The summed E-state index contributed by atoms with van der Waals surface area (Å²) in [6.07, 6.45) is 1.00. The molecule has 0 aromatic rings. The summed E-state index contributed by atoms with van der Waals surface area (Å²) in [7, 11) is -2.89. The molecule has 1 amide bonds. The van der Waals surface area contributed by atoms with Crippen LogP contribution in [0.3, 0.4) is 0 Å². The van der Waals surface area contributed by atoms with Gasteiger partial charge in [-0.25, -0.2) is 8.42 Å². The summed E-state index contributed by atoms with van der Waals surface area (Å²) >= 11 is 4.72. The molecule has 13 heavy (non-hydrogen) atoms. The molecule has 0 radical (unpaired) electrons. The fourth-order valence-corrected chi connectivity index (χ4v) is 3.08. The van der Waals surface area contributed by atoms with E-state index in [1.165, 1.54) is 0 Å². The van der Waals surface area contributed by atoms with Gasteiger partial charge in [-0.1, -0.05) is 0 Å². The van der Waals surface area contributed by atoms with Crippen molar-refractivity contribution in [3.8, 4) is 0 Å². The van der Waals surface area contributed by atoms with Crippen LogP contribution in [0.2, 0.25) is 0 Å². The molecule has 1 fully saturated rings. The van der Waals surface area contributed by atoms with Crippen LogP contribution in [0.4, 0.5) is 0 Å². The molecular formula is C6H10N2O3S2. The number of carbonyl (C=O) groups excluding carboxylic acids is 1. The first-order chi connectivity index (χ1) is 6.03. The molecule has 1 saturated heterocycles. The van der Waals surface area contributed by atoms with Crippen molar-refractivity contribution in [2.75, 3.05) is 11.5 Å². The van der Waals surface area contributed by atoms with Gasteiger partial charge in [-0.15, -0.1) is 0 Å². The van der Waals surface area contributed by atoms with Crippen LogP contribution in [0.15, 0.2) is 0 Å². The van der Waals surface area contributed by atoms with E-state index in [4.69, 9.17) is 12.2 Å². The monoisotopic (exact) mass is 222 g/mol. The van der Waals surface area contributed by atoms with Crippen LogP contribution in [0.5, 0.6) is 0 Å². The number of sulfone groups is 1. The molecule has 0 bridgehead atoms. The number of rotatable bonds is 2. The molecule has 2 N–H and O–H groups in total. The first kappa shape index (κ1) is 10.4. The quantitative estimate of drug-likeness (QED) is 0.453. The van der Waals surface area contributed by atoms with E-state index >= 15 is 0 Å². The summed E-state index contributed by atoms with van der Waals surface area (Å²) in [6, 6.07) is -0.162. The third kappa shape index (κ3) is 3.27. The highest BCUT2D eigenvalue weighted by Gasteiger charge is 2.27. The van der Waals surface area contributed by atoms with Crippen LogP contribution in [0.1, 0.15) is 6.42 Å². The van der Waals surface area contributed by atoms with E-state index < -0.39 is 9.84 Å². The molecular weight excluding hydrogens is 212 g/mol. The Labute approximate surface area is 81.8 Å². The summed E-state index contributed by atoms with van der Waals surface area (Å²) in [4.78, 5) is 9.96. The van der Waals surface area contributed by atoms with Crippen LogP contribution in [-0.4, -0.2) is 37.5 Å². The first-order valence-electron chi connectivity index (χ1n) is 3.74. The Bertz CT molecular complexity index is 312. The Balaban J connectivity index is 2.40. The minimum absolute atomic E-state index is 0.0909. The summed E-state index contributed by atoms with van der Waals surface area (Å²) in [5.41, 5.74) is 0. The molecule has 0 aromatic carbocycles. The molecule has 1 heterocycles. The number of carbonyl (C=O) groups is 1. The number of thiocarbonyl (C=S) groups is 1. The lowest BCUT2D eigenvalue weighted by atomic mass is 10.3. The zero-order valence-electron chi connectivity index (χ0n) is 6.82. The predicted molar refractivity (Wildman–Crippen MR) is 52.0 cm³/mol. The SMILES string of the molecule is O=CNC(=S)NC1CCS(=O)(=O)C1. The van der Waals surface area contributed by atoms with Crippen LogP contribution in [0.25, 0.3) is 0 Å². The van der Waals surface area contributed by atoms with Crippen molar-refractivity contribution < 1.29 is 13.2 Å². The Morgan fingerprint density at radius 3 is 2.69 bits per heavy atom. The van der Waals surface area contributed by atoms with Crippen molar-refractivity contribution in [2.45, 2.75) is 12.5 Å². The third-order valence-electron chi connectivity index (χ3n) is 1.76. The van der Waals surface area contributed by atoms with Gasteiger partial charge in [0.05, 0.1) is 11.5 Å². The molecule has 1 atom stereocenters. The van der Waals surface area contributed by atoms with Crippen molar-refractivity contribution in [3.63, 3.8) is 0 Å². The van der Waals surface area contributed by atoms with Gasteiger partial charge in [0.15, 0.2) is 14.9 Å². The molecule has 5 nitrogen and oxygen atoms in total. The molecule has 7 heteroatoms. The molecule has 0 aliphatic carbocycles. The van der Waals surface area contributed by atoms with E-state index in [2.05, 4.69) is 10.6 Å². The lowest BCUT2D eigenvalue weighted by Gasteiger charge is -2.11. The van der Waals surface area contributed by atoms with E-state index in [9.17, 15) is 13.2 Å². The van der Waals surface area contributed by atoms with Gasteiger partial charge in [-0.05, 0) is 18.6 Å². The molecule has 0 spiro atoms. The lowest BCUT2D eigenvalue weighted by Crippen LogP contribution is -2.41. The summed E-state index contributed by atoms with van der Waals surface area (Å²) in [5, 5.41) is 5.17. The van der Waals surface area contributed by atoms with Crippen LogP contribution >= 0.6 is 12.2 Å². The predicted octanol–water partition coefficient (Wildman–Crippen LogP) is -1.21. The van der Waals surface area contributed by atoms with E-state index in [0.29, 0.717) is 12.8 Å². The second-order valence-corrected chi connectivity index (χ2v) is 5.47. The van der Waals surface area contributed by atoms with Crippen molar-refractivity contribution in [1.29, 1.82) is 0 Å². The van der Waals surface area contributed by atoms with E-state index in [-0.39, 0.29) is 22.7 Å². The van der Waals surface area contributed by atoms with Gasteiger partial charge >= 0.3 is 0 Å². The molecule has 1 unspecified atom stereocenters. The molecule has 0 aromatic heterocycles. The van der Waals surface area contributed by atoms with Crippen molar-refractivity contribution in [1.82, 2.24) is 10.6 Å². The zero-order valence-corrected chi connectivity index (χ0v) is 8.45. The number of hydrogen-bond donors (Lipinski definition) is 2. The maximum absolute atomic E-state index is 11.0. The maximum atomic E-state index is 11.0. The van der Waals surface area contributed by atoms with Crippen LogP contribution < -0.4 is 10.6 Å². The highest BCUT2D eigenvalue weighted by molar-refractivity contribution is 7.91. The number of amides is 1. The van der Waals surface area contributed by atoms with Gasteiger partial charge in [-0.3, -0.25) is 4.79 Å². The lowest BCUT2D eigenvalue weighted by molar-refractivity contribution is -0.108. The van der Waals surface area contributed by atoms with Crippen LogP contribution in [0, 0.1) is 0 Å². The van der Waals surface area contributed by atoms with Crippen molar-refractivity contribution in [3.05, 3.63) is 0 Å². The largest absolute Gasteiger partial charge is 0.359 e. The van der Waals surface area contributed by atoms with Gasteiger partial charge in [0, 0.05) is 6.04 Å². The standard InChI is InChI=1S/C6H10N2O3S2/c9-4-7-6(12)8-5-1-2-13(10,11)3-5/h4-5H,1-3H2,(H2,7,8,9,12). The minimum atomic E-state index is -2.89. The van der Waals surface area contributed by atoms with Gasteiger partial charge in [0.1, 0.15) is 0 Å². The second kappa shape index (κ2) is 4.01. The second-order valence-electron chi connectivity index (χ2n) is 2.84. The smallest absolute Gasteiger partial charge is 0.213 e. The van der Waals surface area contributed by atoms with Crippen molar-refractivity contribution >= 4 is 33.6 Å². The highest BCUT2D eigenvalue weighted by Crippen LogP contribution is 2.10. The maximum Gasteiger partial charge on any atom is 0.213 e. The summed E-state index contributed by atoms with van der Waals surface area (Å²) < 4.78 is 22.0. The molecule has 1 rings (SSSR count). The van der Waals surface area contributed by atoms with Gasteiger partial charge in [-0.2, -0.15) is 0 Å². The minimum Gasteiger partial charge on any atom is -0.359 e.